The Morgan fingerprint density at radius 1 is 1.59 bits per heavy atom. The molecule has 1 aliphatic rings. The zero-order chi connectivity index (χ0) is 12.6. The van der Waals surface area contributed by atoms with Gasteiger partial charge in [0, 0.05) is 22.6 Å². The number of β-amino-alcohol motifs (C(OH)–C–C–N with tert-alkyl or cyclic N) is 1. The van der Waals surface area contributed by atoms with E-state index >= 15 is 0 Å². The molecule has 0 aromatic heterocycles. The van der Waals surface area contributed by atoms with Gasteiger partial charge in [-0.1, -0.05) is 11.6 Å². The number of aliphatic hydroxyl groups excluding tert-OH is 1. The number of hydrogen-bond donors (Lipinski definition) is 1. The number of likely N-dealkylation sites (tertiary alicyclic amines) is 1. The number of halogens is 2. The molecule has 1 amide bonds. The molecular formula is C12H13BrClNO2. The van der Waals surface area contributed by atoms with Crippen molar-refractivity contribution in [1.82, 2.24) is 4.90 Å². The molecule has 0 saturated carbocycles. The largest absolute Gasteiger partial charge is 0.391 e. The molecule has 2 atom stereocenters. The Bertz CT molecular complexity index is 452. The summed E-state index contributed by atoms with van der Waals surface area (Å²) in [4.78, 5) is 13.9. The van der Waals surface area contributed by atoms with Crippen LogP contribution in [0.3, 0.4) is 0 Å². The molecule has 1 aromatic rings. The molecule has 1 aliphatic heterocycles. The molecule has 1 N–H and O–H groups in total. The minimum absolute atomic E-state index is 0.0694. The lowest BCUT2D eigenvalue weighted by Crippen LogP contribution is -2.34. The summed E-state index contributed by atoms with van der Waals surface area (Å²) in [5.41, 5.74) is 0.555. The Morgan fingerprint density at radius 3 is 2.82 bits per heavy atom. The Morgan fingerprint density at radius 2 is 2.29 bits per heavy atom. The summed E-state index contributed by atoms with van der Waals surface area (Å²) in [6.45, 7) is 2.34. The smallest absolute Gasteiger partial charge is 0.254 e. The molecule has 0 bridgehead atoms. The summed E-state index contributed by atoms with van der Waals surface area (Å²) in [5, 5.41) is 10.1. The number of carbonyl (C=O) groups is 1. The fraction of sp³-hybridized carbons (Fsp3) is 0.417. The van der Waals surface area contributed by atoms with Crippen molar-refractivity contribution in [3.63, 3.8) is 0 Å². The maximum absolute atomic E-state index is 12.2. The topological polar surface area (TPSA) is 40.5 Å². The maximum Gasteiger partial charge on any atom is 0.254 e. The number of benzene rings is 1. The average Bonchev–Trinajstić information content (AvgIpc) is 2.61. The van der Waals surface area contributed by atoms with E-state index < -0.39 is 6.10 Å². The molecule has 0 aliphatic carbocycles. The molecule has 17 heavy (non-hydrogen) atoms. The maximum atomic E-state index is 12.2. The van der Waals surface area contributed by atoms with E-state index in [4.69, 9.17) is 11.6 Å². The van der Waals surface area contributed by atoms with Crippen molar-refractivity contribution in [3.05, 3.63) is 33.3 Å². The van der Waals surface area contributed by atoms with Crippen LogP contribution in [0, 0.1) is 0 Å². The number of nitrogens with zero attached hydrogens (tertiary/aromatic N) is 1. The molecule has 0 unspecified atom stereocenters. The fourth-order valence-corrected chi connectivity index (χ4v) is 2.51. The van der Waals surface area contributed by atoms with Crippen molar-refractivity contribution in [2.45, 2.75) is 25.5 Å². The molecule has 1 aromatic carbocycles. The number of carbonyl (C=O) groups excluding carboxylic acids is 1. The van der Waals surface area contributed by atoms with Crippen LogP contribution in [0.15, 0.2) is 22.7 Å². The van der Waals surface area contributed by atoms with Gasteiger partial charge >= 0.3 is 0 Å². The van der Waals surface area contributed by atoms with Crippen molar-refractivity contribution in [2.24, 2.45) is 0 Å². The van der Waals surface area contributed by atoms with Crippen LogP contribution in [-0.4, -0.2) is 34.6 Å². The molecule has 1 saturated heterocycles. The van der Waals surface area contributed by atoms with E-state index in [0.717, 1.165) is 4.47 Å². The van der Waals surface area contributed by atoms with Gasteiger partial charge in [0.1, 0.15) is 0 Å². The molecule has 0 spiro atoms. The van der Waals surface area contributed by atoms with Crippen LogP contribution in [-0.2, 0) is 0 Å². The second-order valence-electron chi connectivity index (χ2n) is 4.32. The lowest BCUT2D eigenvalue weighted by atomic mass is 10.2. The van der Waals surface area contributed by atoms with Gasteiger partial charge in [-0.3, -0.25) is 4.79 Å². The quantitative estimate of drug-likeness (QED) is 0.865. The van der Waals surface area contributed by atoms with E-state index in [1.807, 2.05) is 6.92 Å². The molecule has 1 fully saturated rings. The van der Waals surface area contributed by atoms with E-state index in [1.165, 1.54) is 0 Å². The zero-order valence-electron chi connectivity index (χ0n) is 9.36. The number of aliphatic hydroxyl groups is 1. The molecule has 2 rings (SSSR count). The van der Waals surface area contributed by atoms with Crippen LogP contribution in [0.2, 0.25) is 5.02 Å². The normalized spacial score (nSPS) is 24.1. The Balaban J connectivity index is 2.22. The minimum atomic E-state index is -0.417. The number of hydrogen-bond acceptors (Lipinski definition) is 2. The highest BCUT2D eigenvalue weighted by Gasteiger charge is 2.31. The van der Waals surface area contributed by atoms with Gasteiger partial charge in [0.05, 0.1) is 11.1 Å². The zero-order valence-corrected chi connectivity index (χ0v) is 11.7. The summed E-state index contributed by atoms with van der Waals surface area (Å²) in [7, 11) is 0. The summed E-state index contributed by atoms with van der Waals surface area (Å²) >= 11 is 9.25. The van der Waals surface area contributed by atoms with Gasteiger partial charge in [-0.2, -0.15) is 0 Å². The first kappa shape index (κ1) is 12.9. The predicted octanol–water partition coefficient (Wildman–Crippen LogP) is 2.70. The molecule has 5 heteroatoms. The second kappa shape index (κ2) is 4.96. The predicted molar refractivity (Wildman–Crippen MR) is 70.3 cm³/mol. The molecule has 1 heterocycles. The number of rotatable bonds is 1. The average molecular weight is 319 g/mol. The lowest BCUT2D eigenvalue weighted by Gasteiger charge is -2.21. The van der Waals surface area contributed by atoms with Crippen molar-refractivity contribution in [3.8, 4) is 0 Å². The summed E-state index contributed by atoms with van der Waals surface area (Å²) < 4.78 is 0.769. The molecular weight excluding hydrogens is 305 g/mol. The third-order valence-electron chi connectivity index (χ3n) is 2.98. The van der Waals surface area contributed by atoms with E-state index in [0.29, 0.717) is 23.6 Å². The molecule has 0 radical (unpaired) electrons. The van der Waals surface area contributed by atoms with Gasteiger partial charge in [0.15, 0.2) is 0 Å². The SMILES string of the molecule is C[C@@H]1C[C@H](O)CN1C(=O)c1ccc(Br)c(Cl)c1. The van der Waals surface area contributed by atoms with Crippen LogP contribution in [0.25, 0.3) is 0 Å². The highest BCUT2D eigenvalue weighted by Crippen LogP contribution is 2.26. The second-order valence-corrected chi connectivity index (χ2v) is 5.59. The highest BCUT2D eigenvalue weighted by molar-refractivity contribution is 9.10. The minimum Gasteiger partial charge on any atom is -0.391 e. The summed E-state index contributed by atoms with van der Waals surface area (Å²) in [6, 6.07) is 5.20. The molecule has 3 nitrogen and oxygen atoms in total. The van der Waals surface area contributed by atoms with Crippen LogP contribution in [0.1, 0.15) is 23.7 Å². The summed E-state index contributed by atoms with van der Waals surface area (Å²) in [5.74, 6) is -0.0801. The lowest BCUT2D eigenvalue weighted by molar-refractivity contribution is 0.0726. The van der Waals surface area contributed by atoms with Crippen LogP contribution < -0.4 is 0 Å². The van der Waals surface area contributed by atoms with Gasteiger partial charge in [-0.05, 0) is 47.5 Å². The van der Waals surface area contributed by atoms with Crippen LogP contribution in [0.5, 0.6) is 0 Å². The number of amides is 1. The van der Waals surface area contributed by atoms with Crippen molar-refractivity contribution >= 4 is 33.4 Å². The Kier molecular flexibility index (Phi) is 3.76. The van der Waals surface area contributed by atoms with Gasteiger partial charge in [-0.15, -0.1) is 0 Å². The van der Waals surface area contributed by atoms with Gasteiger partial charge in [0.2, 0.25) is 0 Å². The van der Waals surface area contributed by atoms with Gasteiger partial charge in [0.25, 0.3) is 5.91 Å². The first-order chi connectivity index (χ1) is 7.99. The Hall–Kier alpha value is -0.580. The van der Waals surface area contributed by atoms with Crippen LogP contribution in [0.4, 0.5) is 0 Å². The van der Waals surface area contributed by atoms with Gasteiger partial charge in [-0.25, -0.2) is 0 Å². The fourth-order valence-electron chi connectivity index (χ4n) is 2.08. The first-order valence-corrected chi connectivity index (χ1v) is 6.60. The third kappa shape index (κ3) is 2.64. The van der Waals surface area contributed by atoms with E-state index in [-0.39, 0.29) is 11.9 Å². The highest BCUT2D eigenvalue weighted by atomic mass is 79.9. The summed E-state index contributed by atoms with van der Waals surface area (Å²) in [6.07, 6.45) is 0.218. The Labute approximate surface area is 114 Å². The standard InChI is InChI=1S/C12H13BrClNO2/c1-7-4-9(16)6-15(7)12(17)8-2-3-10(13)11(14)5-8/h2-3,5,7,9,16H,4,6H2,1H3/t7-,9+/m1/s1. The monoisotopic (exact) mass is 317 g/mol. The van der Waals surface area contributed by atoms with Crippen molar-refractivity contribution < 1.29 is 9.90 Å². The van der Waals surface area contributed by atoms with Crippen molar-refractivity contribution in [1.29, 1.82) is 0 Å². The molecule has 92 valence electrons. The third-order valence-corrected chi connectivity index (χ3v) is 4.21. The van der Waals surface area contributed by atoms with E-state index in [2.05, 4.69) is 15.9 Å². The van der Waals surface area contributed by atoms with E-state index in [9.17, 15) is 9.90 Å². The van der Waals surface area contributed by atoms with Gasteiger partial charge < -0.3 is 10.0 Å². The van der Waals surface area contributed by atoms with E-state index in [1.54, 1.807) is 23.1 Å². The van der Waals surface area contributed by atoms with Crippen LogP contribution >= 0.6 is 27.5 Å². The van der Waals surface area contributed by atoms with Crippen molar-refractivity contribution in [2.75, 3.05) is 6.54 Å². The first-order valence-electron chi connectivity index (χ1n) is 5.43.